The van der Waals surface area contributed by atoms with E-state index in [1.54, 1.807) is 0 Å². The molecule has 0 aliphatic heterocycles. The van der Waals surface area contributed by atoms with Gasteiger partial charge in [-0.1, -0.05) is 34.8 Å². The number of amides is 2. The van der Waals surface area contributed by atoms with Crippen LogP contribution in [0.25, 0.3) is 0 Å². The summed E-state index contributed by atoms with van der Waals surface area (Å²) in [5.74, 6) is -2.08. The van der Waals surface area contributed by atoms with Gasteiger partial charge in [0.15, 0.2) is 0 Å². The lowest BCUT2D eigenvalue weighted by Gasteiger charge is -2.08. The van der Waals surface area contributed by atoms with Crippen molar-refractivity contribution in [2.75, 3.05) is 10.6 Å². The Hall–Kier alpha value is -2.35. The lowest BCUT2D eigenvalue weighted by atomic mass is 10.2. The second-order valence-electron chi connectivity index (χ2n) is 4.49. The molecule has 2 N–H and O–H groups in total. The predicted molar refractivity (Wildman–Crippen MR) is 91.8 cm³/mol. The van der Waals surface area contributed by atoms with Crippen molar-refractivity contribution in [2.24, 2.45) is 0 Å². The normalized spacial score (nSPS) is 10.1. The number of non-ortho nitro benzene ring substituents is 1. The zero-order chi connectivity index (χ0) is 17.9. The Morgan fingerprint density at radius 2 is 1.50 bits per heavy atom. The summed E-state index contributed by atoms with van der Waals surface area (Å²) in [6.45, 7) is 0. The highest BCUT2D eigenvalue weighted by Crippen LogP contribution is 2.27. The van der Waals surface area contributed by atoms with E-state index in [0.717, 1.165) is 6.07 Å². The molecule has 0 aliphatic carbocycles. The van der Waals surface area contributed by atoms with Crippen molar-refractivity contribution in [1.29, 1.82) is 0 Å². The van der Waals surface area contributed by atoms with Crippen LogP contribution in [0.15, 0.2) is 36.4 Å². The third kappa shape index (κ3) is 4.58. The molecule has 7 nitrogen and oxygen atoms in total. The highest BCUT2D eigenvalue weighted by molar-refractivity contribution is 6.45. The Bertz CT molecular complexity index is 822. The average Bonchev–Trinajstić information content (AvgIpc) is 2.48. The fraction of sp³-hybridized carbons (Fsp3) is 0. The van der Waals surface area contributed by atoms with E-state index in [0.29, 0.717) is 0 Å². The van der Waals surface area contributed by atoms with E-state index in [1.807, 2.05) is 0 Å². The number of nitrogens with one attached hydrogen (secondary N) is 2. The van der Waals surface area contributed by atoms with Gasteiger partial charge in [-0.05, 0) is 24.3 Å². The molecule has 2 amide bonds. The largest absolute Gasteiger partial charge is 0.318 e. The molecule has 0 bridgehead atoms. The summed E-state index contributed by atoms with van der Waals surface area (Å²) in [5, 5.41) is 15.8. The third-order valence-electron chi connectivity index (χ3n) is 2.74. The summed E-state index contributed by atoms with van der Waals surface area (Å²) in [7, 11) is 0. The average molecular weight is 389 g/mol. The third-order valence-corrected chi connectivity index (χ3v) is 3.50. The number of hydrogen-bond donors (Lipinski definition) is 2. The molecule has 10 heteroatoms. The van der Waals surface area contributed by atoms with Crippen molar-refractivity contribution in [3.05, 3.63) is 61.6 Å². The van der Waals surface area contributed by atoms with Crippen molar-refractivity contribution < 1.29 is 14.5 Å². The number of hydrogen-bond acceptors (Lipinski definition) is 4. The molecule has 2 aromatic rings. The van der Waals surface area contributed by atoms with Gasteiger partial charge in [0.1, 0.15) is 0 Å². The fourth-order valence-electron chi connectivity index (χ4n) is 1.72. The van der Waals surface area contributed by atoms with Gasteiger partial charge in [0.2, 0.25) is 0 Å². The lowest BCUT2D eigenvalue weighted by molar-refractivity contribution is -0.384. The number of rotatable bonds is 3. The minimum absolute atomic E-state index is 0.0487. The highest BCUT2D eigenvalue weighted by atomic mass is 35.5. The van der Waals surface area contributed by atoms with Gasteiger partial charge in [-0.3, -0.25) is 19.7 Å². The first kappa shape index (κ1) is 18.0. The molecule has 0 atom stereocenters. The number of nitrogens with zero attached hydrogens (tertiary/aromatic N) is 1. The van der Waals surface area contributed by atoms with Crippen molar-refractivity contribution in [2.45, 2.75) is 0 Å². The minimum Gasteiger partial charge on any atom is -0.318 e. The van der Waals surface area contributed by atoms with Gasteiger partial charge in [0, 0.05) is 27.9 Å². The summed E-state index contributed by atoms with van der Waals surface area (Å²) < 4.78 is 0. The van der Waals surface area contributed by atoms with E-state index >= 15 is 0 Å². The molecule has 0 heterocycles. The first-order valence-corrected chi connectivity index (χ1v) is 7.42. The molecule has 0 saturated heterocycles. The smallest absolute Gasteiger partial charge is 0.314 e. The SMILES string of the molecule is O=C(Nc1cc(Cl)cc(Cl)c1)C(=O)Nc1cc([N+](=O)[O-])ccc1Cl. The van der Waals surface area contributed by atoms with Crippen LogP contribution in [0.1, 0.15) is 0 Å². The number of nitro groups is 1. The first-order valence-electron chi connectivity index (χ1n) is 6.28. The molecule has 0 aliphatic rings. The van der Waals surface area contributed by atoms with Crippen LogP contribution in [0.2, 0.25) is 15.1 Å². The van der Waals surface area contributed by atoms with Gasteiger partial charge >= 0.3 is 11.8 Å². The van der Waals surface area contributed by atoms with Gasteiger partial charge < -0.3 is 10.6 Å². The Morgan fingerprint density at radius 1 is 0.917 bits per heavy atom. The maximum Gasteiger partial charge on any atom is 0.314 e. The molecule has 2 rings (SSSR count). The van der Waals surface area contributed by atoms with E-state index < -0.39 is 16.7 Å². The Morgan fingerprint density at radius 3 is 2.08 bits per heavy atom. The number of nitro benzene ring substituents is 1. The van der Waals surface area contributed by atoms with E-state index in [2.05, 4.69) is 10.6 Å². The monoisotopic (exact) mass is 387 g/mol. The van der Waals surface area contributed by atoms with Crippen LogP contribution in [0.4, 0.5) is 17.1 Å². The number of halogens is 3. The molecule has 2 aromatic carbocycles. The van der Waals surface area contributed by atoms with Gasteiger partial charge in [-0.25, -0.2) is 0 Å². The highest BCUT2D eigenvalue weighted by Gasteiger charge is 2.18. The van der Waals surface area contributed by atoms with Crippen molar-refractivity contribution in [3.63, 3.8) is 0 Å². The quantitative estimate of drug-likeness (QED) is 0.469. The van der Waals surface area contributed by atoms with Crippen LogP contribution in [0.3, 0.4) is 0 Å². The van der Waals surface area contributed by atoms with Crippen molar-refractivity contribution in [3.8, 4) is 0 Å². The number of anilines is 2. The maximum absolute atomic E-state index is 11.9. The summed E-state index contributed by atoms with van der Waals surface area (Å²) in [6.07, 6.45) is 0. The second-order valence-corrected chi connectivity index (χ2v) is 5.77. The molecule has 0 fully saturated rings. The van der Waals surface area contributed by atoms with Crippen LogP contribution in [0, 0.1) is 10.1 Å². The number of carbonyl (C=O) groups excluding carboxylic acids is 2. The van der Waals surface area contributed by atoms with E-state index in [4.69, 9.17) is 34.8 Å². The van der Waals surface area contributed by atoms with E-state index in [1.165, 1.54) is 30.3 Å². The van der Waals surface area contributed by atoms with Crippen LogP contribution in [-0.2, 0) is 9.59 Å². The number of benzene rings is 2. The summed E-state index contributed by atoms with van der Waals surface area (Å²) in [4.78, 5) is 33.9. The van der Waals surface area contributed by atoms with Gasteiger partial charge in [0.05, 0.1) is 15.6 Å². The molecule has 0 radical (unpaired) electrons. The van der Waals surface area contributed by atoms with Gasteiger partial charge in [-0.15, -0.1) is 0 Å². The predicted octanol–water partition coefficient (Wildman–Crippen LogP) is 4.13. The molecular weight excluding hydrogens is 381 g/mol. The molecule has 0 aromatic heterocycles. The van der Waals surface area contributed by atoms with Crippen LogP contribution < -0.4 is 10.6 Å². The zero-order valence-electron chi connectivity index (χ0n) is 11.7. The van der Waals surface area contributed by atoms with Crippen molar-refractivity contribution >= 4 is 63.7 Å². The van der Waals surface area contributed by atoms with Crippen LogP contribution in [-0.4, -0.2) is 16.7 Å². The minimum atomic E-state index is -1.06. The Labute approximate surface area is 150 Å². The standard InChI is InChI=1S/C14H8Cl3N3O4/c15-7-3-8(16)5-9(4-7)18-13(21)14(22)19-12-6-10(20(23)24)1-2-11(12)17/h1-6H,(H,18,21)(H,19,22). The summed E-state index contributed by atoms with van der Waals surface area (Å²) in [6, 6.07) is 7.72. The lowest BCUT2D eigenvalue weighted by Crippen LogP contribution is -2.29. The maximum atomic E-state index is 11.9. The fourth-order valence-corrected chi connectivity index (χ4v) is 2.41. The zero-order valence-corrected chi connectivity index (χ0v) is 13.9. The number of carbonyl (C=O) groups is 2. The van der Waals surface area contributed by atoms with E-state index in [9.17, 15) is 19.7 Å². The summed E-state index contributed by atoms with van der Waals surface area (Å²) >= 11 is 17.4. The molecule has 0 unspecified atom stereocenters. The van der Waals surface area contributed by atoms with E-state index in [-0.39, 0.29) is 32.1 Å². The topological polar surface area (TPSA) is 101 Å². The molecule has 24 heavy (non-hydrogen) atoms. The molecule has 0 saturated carbocycles. The Kier molecular flexibility index (Phi) is 5.61. The van der Waals surface area contributed by atoms with Crippen molar-refractivity contribution in [1.82, 2.24) is 0 Å². The van der Waals surface area contributed by atoms with Crippen LogP contribution in [0.5, 0.6) is 0 Å². The molecule has 124 valence electrons. The van der Waals surface area contributed by atoms with Gasteiger partial charge in [0.25, 0.3) is 5.69 Å². The van der Waals surface area contributed by atoms with Gasteiger partial charge in [-0.2, -0.15) is 0 Å². The second kappa shape index (κ2) is 7.48. The summed E-state index contributed by atoms with van der Waals surface area (Å²) in [5.41, 5.74) is -0.121. The Balaban J connectivity index is 2.13. The first-order chi connectivity index (χ1) is 11.3. The molecule has 0 spiro atoms. The van der Waals surface area contributed by atoms with Crippen LogP contribution >= 0.6 is 34.8 Å². The molecular formula is C14H8Cl3N3O4.